The Morgan fingerprint density at radius 3 is 2.15 bits per heavy atom. The number of imide groups is 1. The third kappa shape index (κ3) is 2.95. The molecule has 128 valence electrons. The van der Waals surface area contributed by atoms with Gasteiger partial charge in [-0.15, -0.1) is 0 Å². The monoisotopic (exact) mass is 344 g/mol. The minimum absolute atomic E-state index is 0.0807. The van der Waals surface area contributed by atoms with Crippen LogP contribution in [0.4, 0.5) is 0 Å². The van der Waals surface area contributed by atoms with Crippen molar-refractivity contribution in [3.05, 3.63) is 95.3 Å². The van der Waals surface area contributed by atoms with Crippen molar-refractivity contribution < 1.29 is 14.3 Å². The van der Waals surface area contributed by atoms with Gasteiger partial charge in [0, 0.05) is 6.20 Å². The molecule has 0 saturated carbocycles. The number of hydrogen-bond acceptors (Lipinski definition) is 4. The van der Waals surface area contributed by atoms with Crippen LogP contribution >= 0.6 is 0 Å². The Morgan fingerprint density at radius 1 is 0.808 bits per heavy atom. The van der Waals surface area contributed by atoms with E-state index in [1.54, 1.807) is 42.6 Å². The van der Waals surface area contributed by atoms with Gasteiger partial charge in [-0.3, -0.25) is 19.5 Å². The van der Waals surface area contributed by atoms with Gasteiger partial charge in [-0.25, -0.2) is 0 Å². The average molecular weight is 344 g/mol. The fourth-order valence-electron chi connectivity index (χ4n) is 2.94. The molecule has 0 bridgehead atoms. The zero-order valence-electron chi connectivity index (χ0n) is 14.0. The lowest BCUT2D eigenvalue weighted by atomic mass is 10.1. The summed E-state index contributed by atoms with van der Waals surface area (Å²) >= 11 is 0. The summed E-state index contributed by atoms with van der Waals surface area (Å²) in [6.45, 7) is 0.471. The highest BCUT2D eigenvalue weighted by Crippen LogP contribution is 2.26. The summed E-state index contributed by atoms with van der Waals surface area (Å²) in [6, 6.07) is 20.2. The van der Waals surface area contributed by atoms with Gasteiger partial charge in [0.05, 0.1) is 17.7 Å². The third-order valence-corrected chi connectivity index (χ3v) is 4.27. The Labute approximate surface area is 150 Å². The van der Waals surface area contributed by atoms with Crippen molar-refractivity contribution in [3.63, 3.8) is 0 Å². The molecule has 2 heterocycles. The van der Waals surface area contributed by atoms with Gasteiger partial charge >= 0.3 is 0 Å². The van der Waals surface area contributed by atoms with Gasteiger partial charge in [-0.1, -0.05) is 42.5 Å². The van der Waals surface area contributed by atoms with Crippen molar-refractivity contribution in [2.45, 2.75) is 13.2 Å². The standard InChI is InChI=1S/C21H16N2O3/c24-20-16-9-4-5-10-17(16)21(25)23(20)13-18-19(11-6-12-22-18)26-14-15-7-2-1-3-8-15/h1-12H,13-14H2. The van der Waals surface area contributed by atoms with E-state index in [1.165, 1.54) is 4.90 Å². The van der Waals surface area contributed by atoms with E-state index >= 15 is 0 Å². The molecule has 0 saturated heterocycles. The lowest BCUT2D eigenvalue weighted by Gasteiger charge is -2.16. The number of hydrogen-bond donors (Lipinski definition) is 0. The van der Waals surface area contributed by atoms with Gasteiger partial charge in [0.2, 0.25) is 0 Å². The van der Waals surface area contributed by atoms with Crippen molar-refractivity contribution in [1.82, 2.24) is 9.88 Å². The summed E-state index contributed by atoms with van der Waals surface area (Å²) < 4.78 is 5.87. The zero-order valence-corrected chi connectivity index (χ0v) is 14.0. The quantitative estimate of drug-likeness (QED) is 0.665. The number of benzene rings is 2. The van der Waals surface area contributed by atoms with Crippen molar-refractivity contribution in [1.29, 1.82) is 0 Å². The first-order valence-corrected chi connectivity index (χ1v) is 8.30. The van der Waals surface area contributed by atoms with E-state index in [0.717, 1.165) is 5.56 Å². The molecule has 0 spiro atoms. The van der Waals surface area contributed by atoms with Crippen molar-refractivity contribution in [2.24, 2.45) is 0 Å². The van der Waals surface area contributed by atoms with E-state index in [0.29, 0.717) is 29.2 Å². The molecule has 1 aliphatic heterocycles. The summed E-state index contributed by atoms with van der Waals surface area (Å²) in [7, 11) is 0. The molecule has 2 amide bonds. The van der Waals surface area contributed by atoms with Crippen LogP contribution in [-0.2, 0) is 13.2 Å². The van der Waals surface area contributed by atoms with Crippen LogP contribution in [0.5, 0.6) is 5.75 Å². The van der Waals surface area contributed by atoms with Crippen molar-refractivity contribution in [3.8, 4) is 5.75 Å². The SMILES string of the molecule is O=C1c2ccccc2C(=O)N1Cc1ncccc1OCc1ccccc1. The topological polar surface area (TPSA) is 59.5 Å². The predicted molar refractivity (Wildman–Crippen MR) is 95.7 cm³/mol. The second-order valence-electron chi connectivity index (χ2n) is 5.96. The normalized spacial score (nSPS) is 13.0. The fourth-order valence-corrected chi connectivity index (χ4v) is 2.94. The molecule has 5 nitrogen and oxygen atoms in total. The van der Waals surface area contributed by atoms with Crippen molar-refractivity contribution in [2.75, 3.05) is 0 Å². The highest BCUT2D eigenvalue weighted by Gasteiger charge is 2.35. The number of amides is 2. The van der Waals surface area contributed by atoms with E-state index in [4.69, 9.17) is 4.74 Å². The molecule has 0 unspecified atom stereocenters. The molecule has 0 fully saturated rings. The van der Waals surface area contributed by atoms with Crippen LogP contribution < -0.4 is 4.74 Å². The lowest BCUT2D eigenvalue weighted by Crippen LogP contribution is -2.29. The summed E-state index contributed by atoms with van der Waals surface area (Å²) in [6.07, 6.45) is 1.63. The number of pyridine rings is 1. The fraction of sp³-hybridized carbons (Fsp3) is 0.0952. The first kappa shape index (κ1) is 16.0. The molecule has 1 aromatic heterocycles. The number of fused-ring (bicyclic) bond motifs is 1. The van der Waals surface area contributed by atoms with E-state index in [-0.39, 0.29) is 18.4 Å². The average Bonchev–Trinajstić information content (AvgIpc) is 2.93. The largest absolute Gasteiger partial charge is 0.487 e. The molecular weight excluding hydrogens is 328 g/mol. The summed E-state index contributed by atoms with van der Waals surface area (Å²) in [5.74, 6) is -0.0385. The smallest absolute Gasteiger partial charge is 0.261 e. The first-order valence-electron chi connectivity index (χ1n) is 8.30. The number of carbonyl (C=O) groups is 2. The van der Waals surface area contributed by atoms with Gasteiger partial charge in [-0.05, 0) is 29.8 Å². The molecule has 0 radical (unpaired) electrons. The Bertz CT molecular complexity index is 935. The maximum absolute atomic E-state index is 12.5. The highest BCUT2D eigenvalue weighted by molar-refractivity contribution is 6.21. The van der Waals surface area contributed by atoms with Crippen LogP contribution in [0.3, 0.4) is 0 Å². The Kier molecular flexibility index (Phi) is 4.19. The second kappa shape index (κ2) is 6.80. The molecule has 3 aromatic rings. The number of carbonyl (C=O) groups excluding carboxylic acids is 2. The van der Waals surface area contributed by atoms with E-state index in [9.17, 15) is 9.59 Å². The van der Waals surface area contributed by atoms with Gasteiger partial charge in [0.1, 0.15) is 18.1 Å². The number of ether oxygens (including phenoxy) is 1. The van der Waals surface area contributed by atoms with Crippen LogP contribution in [0.25, 0.3) is 0 Å². The second-order valence-corrected chi connectivity index (χ2v) is 5.96. The Hall–Kier alpha value is -3.47. The molecule has 1 aliphatic rings. The summed E-state index contributed by atoms with van der Waals surface area (Å²) in [5, 5.41) is 0. The van der Waals surface area contributed by atoms with Gasteiger partial charge in [0.25, 0.3) is 11.8 Å². The third-order valence-electron chi connectivity index (χ3n) is 4.27. The molecule has 0 atom stereocenters. The van der Waals surface area contributed by atoms with Crippen molar-refractivity contribution >= 4 is 11.8 Å². The van der Waals surface area contributed by atoms with Crippen LogP contribution in [0, 0.1) is 0 Å². The highest BCUT2D eigenvalue weighted by atomic mass is 16.5. The maximum Gasteiger partial charge on any atom is 0.261 e. The van der Waals surface area contributed by atoms with E-state index in [2.05, 4.69) is 4.98 Å². The number of nitrogens with zero attached hydrogens (tertiary/aromatic N) is 2. The summed E-state index contributed by atoms with van der Waals surface area (Å²) in [5.41, 5.74) is 2.45. The number of aromatic nitrogens is 1. The zero-order chi connectivity index (χ0) is 17.9. The van der Waals surface area contributed by atoms with E-state index < -0.39 is 0 Å². The number of rotatable bonds is 5. The lowest BCUT2D eigenvalue weighted by molar-refractivity contribution is 0.0639. The summed E-state index contributed by atoms with van der Waals surface area (Å²) in [4.78, 5) is 30.6. The minimum Gasteiger partial charge on any atom is -0.487 e. The molecule has 0 aliphatic carbocycles. The van der Waals surface area contributed by atoms with Gasteiger partial charge < -0.3 is 4.74 Å². The Balaban J connectivity index is 1.54. The Morgan fingerprint density at radius 2 is 1.46 bits per heavy atom. The van der Waals surface area contributed by atoms with Gasteiger partial charge in [-0.2, -0.15) is 0 Å². The minimum atomic E-state index is -0.301. The van der Waals surface area contributed by atoms with Crippen LogP contribution in [-0.4, -0.2) is 21.7 Å². The predicted octanol–water partition coefficient (Wildman–Crippen LogP) is 3.46. The molecule has 0 N–H and O–H groups in total. The molecule has 4 rings (SSSR count). The van der Waals surface area contributed by atoms with E-state index in [1.807, 2.05) is 30.3 Å². The van der Waals surface area contributed by atoms with Crippen LogP contribution in [0.15, 0.2) is 72.9 Å². The van der Waals surface area contributed by atoms with Crippen LogP contribution in [0.2, 0.25) is 0 Å². The molecule has 5 heteroatoms. The molecule has 2 aromatic carbocycles. The molecule has 26 heavy (non-hydrogen) atoms. The molecular formula is C21H16N2O3. The first-order chi connectivity index (χ1) is 12.7. The maximum atomic E-state index is 12.5. The van der Waals surface area contributed by atoms with Gasteiger partial charge in [0.15, 0.2) is 0 Å². The van der Waals surface area contributed by atoms with Crippen LogP contribution in [0.1, 0.15) is 32.0 Å².